The van der Waals surface area contributed by atoms with E-state index < -0.39 is 5.97 Å². The lowest BCUT2D eigenvalue weighted by molar-refractivity contribution is -0.136. The van der Waals surface area contributed by atoms with E-state index in [0.717, 1.165) is 12.0 Å². The number of carboxylic acids is 1. The predicted molar refractivity (Wildman–Crippen MR) is 79.2 cm³/mol. The molecule has 1 aromatic carbocycles. The fourth-order valence-electron chi connectivity index (χ4n) is 1.81. The monoisotopic (exact) mass is 294 g/mol. The third kappa shape index (κ3) is 7.31. The topological polar surface area (TPSA) is 78.9 Å². The Labute approximate surface area is 124 Å². The minimum Gasteiger partial charge on any atom is -0.481 e. The maximum absolute atomic E-state index is 12.0. The Balaban J connectivity index is 2.45. The molecule has 0 aromatic heterocycles. The standard InChI is InChI=1S/C15H22N2O4/c1-21-12-11-17(15(20)16-9-7-14(18)19)10-8-13-5-3-2-4-6-13/h2-6H,7-12H2,1H3,(H,16,20)(H,18,19). The summed E-state index contributed by atoms with van der Waals surface area (Å²) in [6, 6.07) is 9.63. The Hall–Kier alpha value is -2.08. The van der Waals surface area contributed by atoms with E-state index in [-0.39, 0.29) is 19.0 Å². The highest BCUT2D eigenvalue weighted by atomic mass is 16.5. The second-order valence-electron chi connectivity index (χ2n) is 4.59. The van der Waals surface area contributed by atoms with E-state index >= 15 is 0 Å². The zero-order chi connectivity index (χ0) is 15.5. The highest BCUT2D eigenvalue weighted by Gasteiger charge is 2.13. The van der Waals surface area contributed by atoms with Crippen molar-refractivity contribution >= 4 is 12.0 Å². The van der Waals surface area contributed by atoms with Crippen LogP contribution in [-0.2, 0) is 16.0 Å². The molecule has 0 fully saturated rings. The van der Waals surface area contributed by atoms with E-state index in [1.807, 2.05) is 30.3 Å². The van der Waals surface area contributed by atoms with Crippen LogP contribution < -0.4 is 5.32 Å². The fraction of sp³-hybridized carbons (Fsp3) is 0.467. The SMILES string of the molecule is COCCN(CCc1ccccc1)C(=O)NCCC(=O)O. The fourth-order valence-corrected chi connectivity index (χ4v) is 1.81. The average molecular weight is 294 g/mol. The number of ether oxygens (including phenoxy) is 1. The summed E-state index contributed by atoms with van der Waals surface area (Å²) in [6.07, 6.45) is 0.666. The molecule has 6 nitrogen and oxygen atoms in total. The number of carbonyl (C=O) groups excluding carboxylic acids is 1. The van der Waals surface area contributed by atoms with Gasteiger partial charge in [0.15, 0.2) is 0 Å². The van der Waals surface area contributed by atoms with E-state index in [4.69, 9.17) is 9.84 Å². The Kier molecular flexibility index (Phi) is 7.89. The Morgan fingerprint density at radius 1 is 1.24 bits per heavy atom. The van der Waals surface area contributed by atoms with Gasteiger partial charge in [-0.05, 0) is 12.0 Å². The van der Waals surface area contributed by atoms with Crippen molar-refractivity contribution in [3.8, 4) is 0 Å². The zero-order valence-electron chi connectivity index (χ0n) is 12.2. The summed E-state index contributed by atoms with van der Waals surface area (Å²) >= 11 is 0. The van der Waals surface area contributed by atoms with E-state index in [2.05, 4.69) is 5.32 Å². The second-order valence-corrected chi connectivity index (χ2v) is 4.59. The highest BCUT2D eigenvalue weighted by Crippen LogP contribution is 2.02. The number of amides is 2. The van der Waals surface area contributed by atoms with Crippen LogP contribution in [0.4, 0.5) is 4.79 Å². The lowest BCUT2D eigenvalue weighted by Crippen LogP contribution is -2.43. The number of carbonyl (C=O) groups is 2. The van der Waals surface area contributed by atoms with E-state index in [1.54, 1.807) is 12.0 Å². The molecular formula is C15H22N2O4. The number of rotatable bonds is 9. The van der Waals surface area contributed by atoms with E-state index in [1.165, 1.54) is 0 Å². The number of carboxylic acid groups (broad SMARTS) is 1. The number of nitrogens with zero attached hydrogens (tertiary/aromatic N) is 1. The first-order valence-electron chi connectivity index (χ1n) is 6.91. The first-order valence-corrected chi connectivity index (χ1v) is 6.91. The molecule has 0 heterocycles. The number of methoxy groups -OCH3 is 1. The van der Waals surface area contributed by atoms with Crippen molar-refractivity contribution in [2.75, 3.05) is 33.4 Å². The van der Waals surface area contributed by atoms with Crippen LogP contribution in [0.3, 0.4) is 0 Å². The summed E-state index contributed by atoms with van der Waals surface area (Å²) in [6.45, 7) is 1.61. The van der Waals surface area contributed by atoms with Crippen LogP contribution in [0, 0.1) is 0 Å². The summed E-state index contributed by atoms with van der Waals surface area (Å²) in [5, 5.41) is 11.2. The van der Waals surface area contributed by atoms with Crippen LogP contribution in [0.2, 0.25) is 0 Å². The van der Waals surface area contributed by atoms with Gasteiger partial charge in [0.2, 0.25) is 0 Å². The highest BCUT2D eigenvalue weighted by molar-refractivity contribution is 5.75. The van der Waals surface area contributed by atoms with Crippen LogP contribution in [0.1, 0.15) is 12.0 Å². The van der Waals surface area contributed by atoms with Crippen molar-refractivity contribution < 1.29 is 19.4 Å². The average Bonchev–Trinajstić information content (AvgIpc) is 2.48. The first kappa shape index (κ1) is 17.0. The van der Waals surface area contributed by atoms with Crippen LogP contribution >= 0.6 is 0 Å². The van der Waals surface area contributed by atoms with Gasteiger partial charge in [0.1, 0.15) is 0 Å². The van der Waals surface area contributed by atoms with Crippen molar-refractivity contribution in [1.29, 1.82) is 0 Å². The zero-order valence-corrected chi connectivity index (χ0v) is 12.2. The normalized spacial score (nSPS) is 10.1. The summed E-state index contributed by atoms with van der Waals surface area (Å²) < 4.78 is 5.00. The summed E-state index contributed by atoms with van der Waals surface area (Å²) in [5.41, 5.74) is 1.15. The molecule has 0 bridgehead atoms. The molecule has 6 heteroatoms. The molecule has 1 rings (SSSR count). The van der Waals surface area contributed by atoms with Gasteiger partial charge in [-0.15, -0.1) is 0 Å². The molecule has 1 aromatic rings. The first-order chi connectivity index (χ1) is 10.1. The number of urea groups is 1. The Bertz CT molecular complexity index is 437. The van der Waals surface area contributed by atoms with Crippen molar-refractivity contribution in [3.63, 3.8) is 0 Å². The Morgan fingerprint density at radius 2 is 1.95 bits per heavy atom. The number of aliphatic carboxylic acids is 1. The van der Waals surface area contributed by atoms with Gasteiger partial charge in [-0.1, -0.05) is 30.3 Å². The van der Waals surface area contributed by atoms with Gasteiger partial charge in [0.05, 0.1) is 13.0 Å². The molecule has 0 saturated carbocycles. The molecule has 0 radical (unpaired) electrons. The van der Waals surface area contributed by atoms with Gasteiger partial charge in [-0.2, -0.15) is 0 Å². The third-order valence-corrected chi connectivity index (χ3v) is 2.98. The van der Waals surface area contributed by atoms with Crippen molar-refractivity contribution in [1.82, 2.24) is 10.2 Å². The molecule has 0 aliphatic rings. The van der Waals surface area contributed by atoms with Gasteiger partial charge in [0, 0.05) is 26.7 Å². The van der Waals surface area contributed by atoms with Crippen molar-refractivity contribution in [2.45, 2.75) is 12.8 Å². The smallest absolute Gasteiger partial charge is 0.317 e. The number of hydrogen-bond donors (Lipinski definition) is 2. The van der Waals surface area contributed by atoms with E-state index in [0.29, 0.717) is 19.7 Å². The van der Waals surface area contributed by atoms with Gasteiger partial charge in [-0.3, -0.25) is 4.79 Å². The largest absolute Gasteiger partial charge is 0.481 e. The molecule has 0 unspecified atom stereocenters. The summed E-state index contributed by atoms with van der Waals surface area (Å²) in [4.78, 5) is 24.1. The van der Waals surface area contributed by atoms with Crippen LogP contribution in [-0.4, -0.2) is 55.4 Å². The van der Waals surface area contributed by atoms with Crippen LogP contribution in [0.15, 0.2) is 30.3 Å². The van der Waals surface area contributed by atoms with E-state index in [9.17, 15) is 9.59 Å². The quantitative estimate of drug-likeness (QED) is 0.721. The molecule has 116 valence electrons. The van der Waals surface area contributed by atoms with Gasteiger partial charge in [-0.25, -0.2) is 4.79 Å². The maximum Gasteiger partial charge on any atom is 0.317 e. The molecule has 0 aliphatic heterocycles. The van der Waals surface area contributed by atoms with Crippen molar-refractivity contribution in [2.24, 2.45) is 0 Å². The molecule has 21 heavy (non-hydrogen) atoms. The van der Waals surface area contributed by atoms with Crippen LogP contribution in [0.25, 0.3) is 0 Å². The molecule has 0 aliphatic carbocycles. The molecular weight excluding hydrogens is 272 g/mol. The van der Waals surface area contributed by atoms with Gasteiger partial charge in [0.25, 0.3) is 0 Å². The van der Waals surface area contributed by atoms with Gasteiger partial charge < -0.3 is 20.1 Å². The lowest BCUT2D eigenvalue weighted by atomic mass is 10.1. The number of nitrogens with one attached hydrogen (secondary N) is 1. The molecule has 0 spiro atoms. The number of benzene rings is 1. The maximum atomic E-state index is 12.0. The molecule has 2 amide bonds. The van der Waals surface area contributed by atoms with Crippen molar-refractivity contribution in [3.05, 3.63) is 35.9 Å². The summed E-state index contributed by atoms with van der Waals surface area (Å²) in [7, 11) is 1.58. The Morgan fingerprint density at radius 3 is 2.57 bits per heavy atom. The van der Waals surface area contributed by atoms with Crippen LogP contribution in [0.5, 0.6) is 0 Å². The predicted octanol–water partition coefficient (Wildman–Crippen LogP) is 1.36. The molecule has 0 atom stereocenters. The lowest BCUT2D eigenvalue weighted by Gasteiger charge is -2.22. The minimum absolute atomic E-state index is 0.0808. The summed E-state index contributed by atoms with van der Waals surface area (Å²) in [5.74, 6) is -0.928. The molecule has 2 N–H and O–H groups in total. The minimum atomic E-state index is -0.928. The second kappa shape index (κ2) is 9.77. The molecule has 0 saturated heterocycles. The third-order valence-electron chi connectivity index (χ3n) is 2.98. The number of hydrogen-bond acceptors (Lipinski definition) is 3. The van der Waals surface area contributed by atoms with Gasteiger partial charge >= 0.3 is 12.0 Å².